The van der Waals surface area contributed by atoms with E-state index in [0.717, 1.165) is 28.6 Å². The van der Waals surface area contributed by atoms with Crippen molar-refractivity contribution in [2.24, 2.45) is 11.7 Å². The monoisotopic (exact) mass is 567 g/mol. The number of halogens is 4. The van der Waals surface area contributed by atoms with Crippen LogP contribution in [-0.4, -0.2) is 33.4 Å². The van der Waals surface area contributed by atoms with Crippen molar-refractivity contribution < 1.29 is 22.4 Å². The molecule has 2 unspecified atom stereocenters. The number of fused-ring (bicyclic) bond motifs is 1. The number of alkyl halides is 3. The zero-order chi connectivity index (χ0) is 29.5. The summed E-state index contributed by atoms with van der Waals surface area (Å²) in [4.78, 5) is 37.5. The highest BCUT2D eigenvalue weighted by Gasteiger charge is 2.38. The summed E-state index contributed by atoms with van der Waals surface area (Å²) in [7, 11) is 0. The molecule has 3 N–H and O–H groups in total. The first-order valence-corrected chi connectivity index (χ1v) is 13.4. The number of para-hydroxylation sites is 1. The molecule has 1 aliphatic heterocycles. The highest BCUT2D eigenvalue weighted by molar-refractivity contribution is 5.83. The molecule has 1 amide bonds. The van der Waals surface area contributed by atoms with Crippen LogP contribution in [0.4, 0.5) is 23.4 Å². The van der Waals surface area contributed by atoms with Crippen LogP contribution in [0, 0.1) is 18.7 Å². The lowest BCUT2D eigenvalue weighted by atomic mass is 9.86. The molecule has 5 rings (SSSR count). The molecule has 214 valence electrons. The average Bonchev–Trinajstić information content (AvgIpc) is 2.93. The number of rotatable bonds is 6. The normalized spacial score (nSPS) is 17.7. The van der Waals surface area contributed by atoms with Crippen molar-refractivity contribution in [3.63, 3.8) is 0 Å². The topological polar surface area (TPSA) is 105 Å². The van der Waals surface area contributed by atoms with Gasteiger partial charge in [0.05, 0.1) is 16.6 Å². The van der Waals surface area contributed by atoms with Crippen molar-refractivity contribution >= 4 is 22.6 Å². The SMILES string of the molecule is CCc1cc(=O)[nH]c(-c2c(C(F)(F)F)ccc(CC3CC(C(N)=O)CCN3c3ccc4cccc(C)c4n3)c2F)n1. The number of hydrogen-bond donors (Lipinski definition) is 2. The molecule has 4 aromatic rings. The quantitative estimate of drug-likeness (QED) is 0.307. The molecule has 41 heavy (non-hydrogen) atoms. The summed E-state index contributed by atoms with van der Waals surface area (Å²) < 4.78 is 58.2. The van der Waals surface area contributed by atoms with E-state index in [1.54, 1.807) is 6.92 Å². The number of hydrogen-bond acceptors (Lipinski definition) is 5. The standard InChI is InChI=1S/C30H29F4N5O2/c1-3-20-15-24(40)38-29(36-20)25-22(30(32,33)34)9-7-18(26(25)31)13-21-14-19(28(35)41)11-12-39(21)23-10-8-17-6-4-5-16(2)27(17)37-23/h4-10,15,19,21H,3,11-14H2,1-2H3,(H2,35,41)(H,36,38,40). The number of carbonyl (C=O) groups is 1. The summed E-state index contributed by atoms with van der Waals surface area (Å²) in [5, 5.41) is 0.951. The molecular weight excluding hydrogens is 538 g/mol. The Balaban J connectivity index is 1.60. The molecule has 0 spiro atoms. The van der Waals surface area contributed by atoms with E-state index in [1.807, 2.05) is 42.2 Å². The van der Waals surface area contributed by atoms with E-state index in [0.29, 0.717) is 18.8 Å². The smallest absolute Gasteiger partial charge is 0.369 e. The van der Waals surface area contributed by atoms with Gasteiger partial charge in [-0.25, -0.2) is 14.4 Å². The molecular formula is C30H29F4N5O2. The van der Waals surface area contributed by atoms with Gasteiger partial charge >= 0.3 is 6.18 Å². The minimum atomic E-state index is -4.89. The van der Waals surface area contributed by atoms with E-state index in [-0.39, 0.29) is 30.5 Å². The van der Waals surface area contributed by atoms with Gasteiger partial charge in [0, 0.05) is 35.7 Å². The van der Waals surface area contributed by atoms with E-state index in [1.165, 1.54) is 6.07 Å². The number of nitrogens with two attached hydrogens (primary N) is 1. The fourth-order valence-electron chi connectivity index (χ4n) is 5.56. The molecule has 1 saturated heterocycles. The number of amides is 1. The van der Waals surface area contributed by atoms with Crippen LogP contribution in [0.5, 0.6) is 0 Å². The third kappa shape index (κ3) is 5.66. The number of carbonyl (C=O) groups excluding carboxylic acids is 1. The Labute approximate surface area is 233 Å². The number of piperidine rings is 1. The number of primary amides is 1. The van der Waals surface area contributed by atoms with Crippen LogP contribution in [0.2, 0.25) is 0 Å². The van der Waals surface area contributed by atoms with Crippen molar-refractivity contribution in [3.8, 4) is 11.4 Å². The Hall–Kier alpha value is -4.28. The van der Waals surface area contributed by atoms with Crippen molar-refractivity contribution in [3.05, 3.63) is 87.1 Å². The summed E-state index contributed by atoms with van der Waals surface area (Å²) in [6, 6.07) is 12.2. The fourth-order valence-corrected chi connectivity index (χ4v) is 5.56. The van der Waals surface area contributed by atoms with E-state index in [4.69, 9.17) is 10.7 Å². The number of aryl methyl sites for hydroxylation is 2. The van der Waals surface area contributed by atoms with Gasteiger partial charge < -0.3 is 15.6 Å². The largest absolute Gasteiger partial charge is 0.417 e. The molecule has 0 aliphatic carbocycles. The summed E-state index contributed by atoms with van der Waals surface area (Å²) in [5.41, 5.74) is 4.91. The van der Waals surface area contributed by atoms with Crippen LogP contribution in [-0.2, 0) is 23.8 Å². The van der Waals surface area contributed by atoms with Crippen LogP contribution in [0.3, 0.4) is 0 Å². The molecule has 0 saturated carbocycles. The summed E-state index contributed by atoms with van der Waals surface area (Å²) in [6.45, 7) is 4.05. The third-order valence-electron chi connectivity index (χ3n) is 7.70. The first-order valence-electron chi connectivity index (χ1n) is 13.4. The highest BCUT2D eigenvalue weighted by Crippen LogP contribution is 2.39. The second-order valence-corrected chi connectivity index (χ2v) is 10.4. The van der Waals surface area contributed by atoms with E-state index in [2.05, 4.69) is 9.97 Å². The van der Waals surface area contributed by atoms with Gasteiger partial charge in [-0.05, 0) is 61.9 Å². The molecule has 2 aromatic carbocycles. The maximum absolute atomic E-state index is 16.1. The molecule has 11 heteroatoms. The number of aromatic nitrogens is 3. The molecule has 2 atom stereocenters. The number of pyridine rings is 1. The van der Waals surface area contributed by atoms with Crippen molar-refractivity contribution in [1.82, 2.24) is 15.0 Å². The van der Waals surface area contributed by atoms with Crippen molar-refractivity contribution in [2.75, 3.05) is 11.4 Å². The van der Waals surface area contributed by atoms with Crippen molar-refractivity contribution in [2.45, 2.75) is 51.7 Å². The second-order valence-electron chi connectivity index (χ2n) is 10.4. The molecule has 0 bridgehead atoms. The summed E-state index contributed by atoms with van der Waals surface area (Å²) in [6.07, 6.45) is -3.89. The first-order chi connectivity index (χ1) is 19.5. The van der Waals surface area contributed by atoms with Gasteiger partial charge in [0.15, 0.2) is 0 Å². The molecule has 1 fully saturated rings. The van der Waals surface area contributed by atoms with Gasteiger partial charge in [-0.2, -0.15) is 13.2 Å². The van der Waals surface area contributed by atoms with E-state index >= 15 is 4.39 Å². The molecule has 0 radical (unpaired) electrons. The number of aromatic amines is 1. The highest BCUT2D eigenvalue weighted by atomic mass is 19.4. The molecule has 1 aliphatic rings. The Morgan fingerprint density at radius 3 is 2.63 bits per heavy atom. The molecule has 7 nitrogen and oxygen atoms in total. The van der Waals surface area contributed by atoms with Crippen LogP contribution in [0.15, 0.2) is 53.3 Å². The Bertz CT molecular complexity index is 1680. The summed E-state index contributed by atoms with van der Waals surface area (Å²) in [5.74, 6) is -1.95. The lowest BCUT2D eigenvalue weighted by Gasteiger charge is -2.40. The van der Waals surface area contributed by atoms with Gasteiger partial charge in [-0.3, -0.25) is 9.59 Å². The van der Waals surface area contributed by atoms with E-state index in [9.17, 15) is 22.8 Å². The lowest BCUT2D eigenvalue weighted by Crippen LogP contribution is -2.47. The predicted molar refractivity (Wildman–Crippen MR) is 148 cm³/mol. The zero-order valence-electron chi connectivity index (χ0n) is 22.6. The average molecular weight is 568 g/mol. The minimum Gasteiger partial charge on any atom is -0.369 e. The van der Waals surface area contributed by atoms with Gasteiger partial charge in [0.1, 0.15) is 17.5 Å². The van der Waals surface area contributed by atoms with Crippen molar-refractivity contribution in [1.29, 1.82) is 0 Å². The Morgan fingerprint density at radius 2 is 1.93 bits per heavy atom. The third-order valence-corrected chi connectivity index (χ3v) is 7.70. The maximum Gasteiger partial charge on any atom is 0.417 e. The van der Waals surface area contributed by atoms with E-state index < -0.39 is 52.4 Å². The minimum absolute atomic E-state index is 0.00496. The number of nitrogens with one attached hydrogen (secondary N) is 1. The first kappa shape index (κ1) is 28.3. The number of benzene rings is 2. The zero-order valence-corrected chi connectivity index (χ0v) is 22.6. The van der Waals surface area contributed by atoms with Gasteiger partial charge in [-0.1, -0.05) is 31.2 Å². The predicted octanol–water partition coefficient (Wildman–Crippen LogP) is 5.33. The van der Waals surface area contributed by atoms with Crippen LogP contribution >= 0.6 is 0 Å². The van der Waals surface area contributed by atoms with Gasteiger partial charge in [0.25, 0.3) is 5.56 Å². The molecule has 2 aromatic heterocycles. The summed E-state index contributed by atoms with van der Waals surface area (Å²) >= 11 is 0. The fraction of sp³-hybridized carbons (Fsp3) is 0.333. The number of H-pyrrole nitrogens is 1. The Morgan fingerprint density at radius 1 is 1.15 bits per heavy atom. The van der Waals surface area contributed by atoms with Crippen LogP contribution in [0.25, 0.3) is 22.3 Å². The van der Waals surface area contributed by atoms with Gasteiger partial charge in [0.2, 0.25) is 5.91 Å². The maximum atomic E-state index is 16.1. The van der Waals surface area contributed by atoms with Gasteiger partial charge in [-0.15, -0.1) is 0 Å². The lowest BCUT2D eigenvalue weighted by molar-refractivity contribution is -0.137. The second kappa shape index (κ2) is 10.9. The number of anilines is 1. The van der Waals surface area contributed by atoms with Crippen LogP contribution in [0.1, 0.15) is 42.1 Å². The Kier molecular flexibility index (Phi) is 7.54. The van der Waals surface area contributed by atoms with Crippen LogP contribution < -0.4 is 16.2 Å². The number of nitrogens with zero attached hydrogens (tertiary/aromatic N) is 3. The molecule has 3 heterocycles.